The summed E-state index contributed by atoms with van der Waals surface area (Å²) < 4.78 is 0. The summed E-state index contributed by atoms with van der Waals surface area (Å²) in [6.07, 6.45) is 1.77. The van der Waals surface area contributed by atoms with Gasteiger partial charge in [-0.1, -0.05) is 32.0 Å². The molecule has 1 heterocycles. The molecule has 0 unspecified atom stereocenters. The van der Waals surface area contributed by atoms with Crippen molar-refractivity contribution >= 4 is 22.5 Å². The Hall–Kier alpha value is -2.10. The minimum atomic E-state index is 0.432. The molecule has 1 aromatic heterocycles. The molecule has 4 heteroatoms. The molecule has 2 aromatic rings. The van der Waals surface area contributed by atoms with E-state index in [0.717, 1.165) is 23.1 Å². The lowest BCUT2D eigenvalue weighted by Crippen LogP contribution is -2.23. The molecule has 0 atom stereocenters. The van der Waals surface area contributed by atoms with E-state index in [-0.39, 0.29) is 0 Å². The van der Waals surface area contributed by atoms with Gasteiger partial charge in [-0.25, -0.2) is 0 Å². The van der Waals surface area contributed by atoms with E-state index >= 15 is 0 Å². The molecule has 0 amide bonds. The summed E-state index contributed by atoms with van der Waals surface area (Å²) in [7, 11) is 0. The van der Waals surface area contributed by atoms with Crippen molar-refractivity contribution in [1.29, 1.82) is 0 Å². The SMILES string of the molecule is CC(C)CN=C(N)Nc1cccc2cccnc12. The summed E-state index contributed by atoms with van der Waals surface area (Å²) in [6.45, 7) is 4.93. The molecule has 0 spiro atoms. The second kappa shape index (κ2) is 5.49. The first kappa shape index (κ1) is 12.4. The van der Waals surface area contributed by atoms with Crippen LogP contribution in [0.5, 0.6) is 0 Å². The molecule has 1 aromatic carbocycles. The smallest absolute Gasteiger partial charge is 0.193 e. The number of hydrogen-bond acceptors (Lipinski definition) is 2. The number of nitrogens with two attached hydrogens (primary N) is 1. The molecule has 0 bridgehead atoms. The zero-order chi connectivity index (χ0) is 13.0. The van der Waals surface area contributed by atoms with Crippen LogP contribution in [0.15, 0.2) is 41.5 Å². The fourth-order valence-corrected chi connectivity index (χ4v) is 1.66. The molecule has 2 rings (SSSR count). The van der Waals surface area contributed by atoms with Crippen molar-refractivity contribution in [3.05, 3.63) is 36.5 Å². The van der Waals surface area contributed by atoms with Gasteiger partial charge in [0.25, 0.3) is 0 Å². The van der Waals surface area contributed by atoms with Crippen LogP contribution in [0.2, 0.25) is 0 Å². The molecular formula is C14H18N4. The lowest BCUT2D eigenvalue weighted by molar-refractivity contribution is 0.665. The highest BCUT2D eigenvalue weighted by Gasteiger charge is 2.02. The van der Waals surface area contributed by atoms with Crippen molar-refractivity contribution in [2.45, 2.75) is 13.8 Å². The Kier molecular flexibility index (Phi) is 3.77. The van der Waals surface area contributed by atoms with Crippen LogP contribution in [0.25, 0.3) is 10.9 Å². The highest BCUT2D eigenvalue weighted by molar-refractivity contribution is 6.00. The first-order valence-corrected chi connectivity index (χ1v) is 6.07. The van der Waals surface area contributed by atoms with E-state index in [1.165, 1.54) is 0 Å². The van der Waals surface area contributed by atoms with Gasteiger partial charge in [0.05, 0.1) is 11.2 Å². The number of guanidine groups is 1. The summed E-state index contributed by atoms with van der Waals surface area (Å²) in [5.74, 6) is 0.929. The first-order chi connectivity index (χ1) is 8.66. The van der Waals surface area contributed by atoms with Crippen molar-refractivity contribution in [2.24, 2.45) is 16.6 Å². The standard InChI is InChI=1S/C14H18N4/c1-10(2)9-17-14(15)18-12-7-3-5-11-6-4-8-16-13(11)12/h3-8,10H,9H2,1-2H3,(H3,15,17,18). The van der Waals surface area contributed by atoms with Gasteiger partial charge in [0.2, 0.25) is 0 Å². The molecule has 0 aliphatic rings. The Labute approximate surface area is 107 Å². The lowest BCUT2D eigenvalue weighted by Gasteiger charge is -2.08. The number of para-hydroxylation sites is 1. The average Bonchev–Trinajstić information content (AvgIpc) is 2.37. The van der Waals surface area contributed by atoms with Crippen LogP contribution in [-0.4, -0.2) is 17.5 Å². The summed E-state index contributed by atoms with van der Waals surface area (Å²) in [5, 5.41) is 4.19. The zero-order valence-electron chi connectivity index (χ0n) is 10.7. The number of nitrogens with zero attached hydrogens (tertiary/aromatic N) is 2. The van der Waals surface area contributed by atoms with E-state index in [9.17, 15) is 0 Å². The number of anilines is 1. The van der Waals surface area contributed by atoms with Crippen LogP contribution in [0.3, 0.4) is 0 Å². The molecule has 3 N–H and O–H groups in total. The molecule has 94 valence electrons. The summed E-state index contributed by atoms with van der Waals surface area (Å²) in [4.78, 5) is 8.64. The zero-order valence-corrected chi connectivity index (χ0v) is 10.7. The molecular weight excluding hydrogens is 224 g/mol. The van der Waals surface area contributed by atoms with E-state index in [0.29, 0.717) is 11.9 Å². The topological polar surface area (TPSA) is 63.3 Å². The van der Waals surface area contributed by atoms with Crippen LogP contribution in [0, 0.1) is 5.92 Å². The Balaban J connectivity index is 2.24. The predicted molar refractivity (Wildman–Crippen MR) is 76.7 cm³/mol. The Morgan fingerprint density at radius 1 is 1.33 bits per heavy atom. The second-order valence-electron chi connectivity index (χ2n) is 4.63. The highest BCUT2D eigenvalue weighted by Crippen LogP contribution is 2.20. The van der Waals surface area contributed by atoms with Gasteiger partial charge in [-0.2, -0.15) is 0 Å². The molecule has 0 radical (unpaired) electrons. The maximum Gasteiger partial charge on any atom is 0.193 e. The van der Waals surface area contributed by atoms with Crippen LogP contribution < -0.4 is 11.1 Å². The number of benzene rings is 1. The lowest BCUT2D eigenvalue weighted by atomic mass is 10.2. The Morgan fingerprint density at radius 3 is 2.89 bits per heavy atom. The van der Waals surface area contributed by atoms with Crippen LogP contribution in [-0.2, 0) is 0 Å². The highest BCUT2D eigenvalue weighted by atomic mass is 15.1. The summed E-state index contributed by atoms with van der Waals surface area (Å²) >= 11 is 0. The molecule has 18 heavy (non-hydrogen) atoms. The molecule has 0 aliphatic heterocycles. The van der Waals surface area contributed by atoms with E-state index < -0.39 is 0 Å². The molecule has 0 fully saturated rings. The molecule has 4 nitrogen and oxygen atoms in total. The van der Waals surface area contributed by atoms with Gasteiger partial charge in [-0.15, -0.1) is 0 Å². The minimum Gasteiger partial charge on any atom is -0.370 e. The van der Waals surface area contributed by atoms with Crippen molar-refractivity contribution in [1.82, 2.24) is 4.98 Å². The third-order valence-electron chi connectivity index (χ3n) is 2.52. The predicted octanol–water partition coefficient (Wildman–Crippen LogP) is 2.62. The van der Waals surface area contributed by atoms with Crippen molar-refractivity contribution in [2.75, 3.05) is 11.9 Å². The van der Waals surface area contributed by atoms with Crippen molar-refractivity contribution in [3.8, 4) is 0 Å². The molecule has 0 saturated heterocycles. The number of fused-ring (bicyclic) bond motifs is 1. The molecule has 0 saturated carbocycles. The summed E-state index contributed by atoms with van der Waals surface area (Å²) in [5.41, 5.74) is 7.65. The van der Waals surface area contributed by atoms with Gasteiger partial charge in [-0.3, -0.25) is 9.98 Å². The van der Waals surface area contributed by atoms with Gasteiger partial charge in [0.1, 0.15) is 0 Å². The van der Waals surface area contributed by atoms with Gasteiger partial charge in [0, 0.05) is 18.1 Å². The number of hydrogen-bond donors (Lipinski definition) is 2. The largest absolute Gasteiger partial charge is 0.370 e. The number of aromatic nitrogens is 1. The third-order valence-corrected chi connectivity index (χ3v) is 2.52. The fourth-order valence-electron chi connectivity index (χ4n) is 1.66. The normalized spacial score (nSPS) is 12.1. The monoisotopic (exact) mass is 242 g/mol. The van der Waals surface area contributed by atoms with Crippen LogP contribution >= 0.6 is 0 Å². The second-order valence-corrected chi connectivity index (χ2v) is 4.63. The third kappa shape index (κ3) is 2.97. The van der Waals surface area contributed by atoms with Crippen LogP contribution in [0.4, 0.5) is 5.69 Å². The summed E-state index contributed by atoms with van der Waals surface area (Å²) in [6, 6.07) is 9.89. The fraction of sp³-hybridized carbons (Fsp3) is 0.286. The van der Waals surface area contributed by atoms with Crippen molar-refractivity contribution in [3.63, 3.8) is 0 Å². The van der Waals surface area contributed by atoms with Gasteiger partial charge < -0.3 is 11.1 Å². The van der Waals surface area contributed by atoms with Crippen LogP contribution in [0.1, 0.15) is 13.8 Å². The maximum absolute atomic E-state index is 5.86. The van der Waals surface area contributed by atoms with E-state index in [1.807, 2.05) is 30.3 Å². The van der Waals surface area contributed by atoms with E-state index in [4.69, 9.17) is 5.73 Å². The number of pyridine rings is 1. The Bertz CT molecular complexity index is 555. The quantitative estimate of drug-likeness (QED) is 0.642. The number of aliphatic imine (C=N–C) groups is 1. The molecule has 0 aliphatic carbocycles. The van der Waals surface area contributed by atoms with Gasteiger partial charge in [0.15, 0.2) is 5.96 Å². The first-order valence-electron chi connectivity index (χ1n) is 6.07. The number of rotatable bonds is 3. The van der Waals surface area contributed by atoms with Gasteiger partial charge in [-0.05, 0) is 18.1 Å². The van der Waals surface area contributed by atoms with Crippen molar-refractivity contribution < 1.29 is 0 Å². The minimum absolute atomic E-state index is 0.432. The maximum atomic E-state index is 5.86. The number of nitrogens with one attached hydrogen (secondary N) is 1. The average molecular weight is 242 g/mol. The van der Waals surface area contributed by atoms with E-state index in [2.05, 4.69) is 29.1 Å². The Morgan fingerprint density at radius 2 is 2.11 bits per heavy atom. The van der Waals surface area contributed by atoms with E-state index in [1.54, 1.807) is 6.20 Å². The van der Waals surface area contributed by atoms with Gasteiger partial charge >= 0.3 is 0 Å².